The summed E-state index contributed by atoms with van der Waals surface area (Å²) in [5.41, 5.74) is 0.717. The van der Waals surface area contributed by atoms with E-state index in [0.717, 1.165) is 16.5 Å². The number of amides is 1. The Morgan fingerprint density at radius 2 is 1.82 bits per heavy atom. The van der Waals surface area contributed by atoms with E-state index in [0.29, 0.717) is 0 Å². The van der Waals surface area contributed by atoms with Crippen molar-refractivity contribution in [3.05, 3.63) is 53.0 Å². The van der Waals surface area contributed by atoms with Crippen molar-refractivity contribution in [3.63, 3.8) is 0 Å². The van der Waals surface area contributed by atoms with Crippen LogP contribution in [0.2, 0.25) is 0 Å². The van der Waals surface area contributed by atoms with E-state index in [9.17, 15) is 4.79 Å². The summed E-state index contributed by atoms with van der Waals surface area (Å²) in [7, 11) is 0. The zero-order chi connectivity index (χ0) is 15.9. The fourth-order valence-electron chi connectivity index (χ4n) is 3.17. The molecule has 22 heavy (non-hydrogen) atoms. The Morgan fingerprint density at radius 3 is 2.55 bits per heavy atom. The molecular formula is C18H17Cl2NO. The molecule has 2 aromatic rings. The van der Waals surface area contributed by atoms with Crippen molar-refractivity contribution in [2.75, 3.05) is 5.32 Å². The van der Waals surface area contributed by atoms with Crippen LogP contribution < -0.4 is 5.32 Å². The first-order chi connectivity index (χ1) is 10.4. The molecule has 1 aliphatic carbocycles. The van der Waals surface area contributed by atoms with Crippen molar-refractivity contribution in [2.45, 2.75) is 13.8 Å². The highest BCUT2D eigenvalue weighted by Crippen LogP contribution is 2.60. The van der Waals surface area contributed by atoms with Crippen LogP contribution >= 0.6 is 23.2 Å². The first kappa shape index (κ1) is 15.4. The van der Waals surface area contributed by atoms with Gasteiger partial charge < -0.3 is 5.32 Å². The Morgan fingerprint density at radius 1 is 1.14 bits per heavy atom. The average Bonchev–Trinajstić information content (AvgIpc) is 2.99. The van der Waals surface area contributed by atoms with Gasteiger partial charge in [0.25, 0.3) is 0 Å². The number of carbonyl (C=O) groups excluding carboxylic acids is 1. The van der Waals surface area contributed by atoms with E-state index in [1.807, 2.05) is 42.5 Å². The van der Waals surface area contributed by atoms with Gasteiger partial charge in [0.15, 0.2) is 0 Å². The highest BCUT2D eigenvalue weighted by molar-refractivity contribution is 6.55. The lowest BCUT2D eigenvalue weighted by Gasteiger charge is -2.09. The number of nitrogens with one attached hydrogen (secondary N) is 1. The van der Waals surface area contributed by atoms with Gasteiger partial charge in [-0.3, -0.25) is 4.79 Å². The second-order valence-electron chi connectivity index (χ2n) is 6.30. The van der Waals surface area contributed by atoms with Crippen molar-refractivity contribution in [1.29, 1.82) is 0 Å². The second-order valence-corrected chi connectivity index (χ2v) is 7.30. The third kappa shape index (κ3) is 2.73. The maximum Gasteiger partial charge on any atom is 0.228 e. The Kier molecular flexibility index (Phi) is 3.92. The second kappa shape index (κ2) is 5.60. The molecule has 0 bridgehead atoms. The van der Waals surface area contributed by atoms with Crippen LogP contribution in [0.3, 0.4) is 0 Å². The molecule has 1 amide bonds. The van der Waals surface area contributed by atoms with E-state index >= 15 is 0 Å². The molecule has 3 rings (SSSR count). The third-order valence-corrected chi connectivity index (χ3v) is 4.80. The van der Waals surface area contributed by atoms with Gasteiger partial charge in [0.2, 0.25) is 5.91 Å². The monoisotopic (exact) mass is 333 g/mol. The predicted octanol–water partition coefficient (Wildman–Crippen LogP) is 5.37. The molecule has 0 heterocycles. The topological polar surface area (TPSA) is 29.1 Å². The maximum absolute atomic E-state index is 12.6. The zero-order valence-electron chi connectivity index (χ0n) is 12.4. The van der Waals surface area contributed by atoms with E-state index in [2.05, 4.69) is 19.2 Å². The van der Waals surface area contributed by atoms with E-state index in [-0.39, 0.29) is 27.6 Å². The fraction of sp³-hybridized carbons (Fsp3) is 0.278. The average molecular weight is 334 g/mol. The van der Waals surface area contributed by atoms with Crippen molar-refractivity contribution in [3.8, 4) is 0 Å². The van der Waals surface area contributed by atoms with Crippen LogP contribution in [0.1, 0.15) is 13.8 Å². The summed E-state index contributed by atoms with van der Waals surface area (Å²) in [5.74, 6) is -0.0244. The Labute approximate surface area is 140 Å². The minimum Gasteiger partial charge on any atom is -0.325 e. The summed E-state index contributed by atoms with van der Waals surface area (Å²) in [6.07, 6.45) is 1.76. The molecule has 0 aromatic heterocycles. The van der Waals surface area contributed by atoms with Gasteiger partial charge in [0.1, 0.15) is 4.49 Å². The Balaban J connectivity index is 1.84. The Hall–Kier alpha value is -1.51. The third-order valence-electron chi connectivity index (χ3n) is 4.55. The van der Waals surface area contributed by atoms with Crippen LogP contribution in [-0.4, -0.2) is 5.91 Å². The van der Waals surface area contributed by atoms with Crippen molar-refractivity contribution in [2.24, 2.45) is 17.3 Å². The summed E-state index contributed by atoms with van der Waals surface area (Å²) in [6.45, 7) is 4.11. The lowest BCUT2D eigenvalue weighted by Crippen LogP contribution is -2.17. The number of fused-ring (bicyclic) bond motifs is 1. The molecule has 1 fully saturated rings. The SMILES string of the molecule is CC1(C)[C@H](C=C(Cl)Cl)[C@H]1C(=O)Nc1cccc2ccccc12. The molecule has 0 unspecified atom stereocenters. The quantitative estimate of drug-likeness (QED) is 0.803. The minimum absolute atomic E-state index is 0.0113. The minimum atomic E-state index is -0.121. The zero-order valence-corrected chi connectivity index (χ0v) is 13.9. The molecule has 2 aromatic carbocycles. The molecule has 2 nitrogen and oxygen atoms in total. The standard InChI is InChI=1S/C18H17Cl2NO/c1-18(2)13(10-15(19)20)16(18)17(22)21-14-9-5-7-11-6-3-4-8-12(11)14/h3-10,13,16H,1-2H3,(H,21,22)/t13-,16+/m1/s1. The Bertz CT molecular complexity index is 757. The number of rotatable bonds is 3. The maximum atomic E-state index is 12.6. The number of halogens is 2. The van der Waals surface area contributed by atoms with Gasteiger partial charge in [0.05, 0.1) is 5.92 Å². The van der Waals surface area contributed by atoms with Gasteiger partial charge in [-0.25, -0.2) is 0 Å². The number of hydrogen-bond donors (Lipinski definition) is 1. The van der Waals surface area contributed by atoms with E-state index < -0.39 is 0 Å². The summed E-state index contributed by atoms with van der Waals surface area (Å²) >= 11 is 11.5. The summed E-state index contributed by atoms with van der Waals surface area (Å²) < 4.78 is 0.221. The summed E-state index contributed by atoms with van der Waals surface area (Å²) in [5, 5.41) is 5.20. The largest absolute Gasteiger partial charge is 0.325 e. The van der Waals surface area contributed by atoms with Gasteiger partial charge in [-0.15, -0.1) is 0 Å². The molecule has 0 radical (unpaired) electrons. The van der Waals surface area contributed by atoms with E-state index in [1.165, 1.54) is 0 Å². The molecule has 0 spiro atoms. The molecule has 1 saturated carbocycles. The van der Waals surface area contributed by atoms with Gasteiger partial charge in [-0.1, -0.05) is 73.4 Å². The van der Waals surface area contributed by atoms with Crippen LogP contribution in [-0.2, 0) is 4.79 Å². The van der Waals surface area contributed by atoms with Crippen LogP contribution in [0, 0.1) is 17.3 Å². The molecule has 114 valence electrons. The lowest BCUT2D eigenvalue weighted by atomic mass is 10.1. The number of hydrogen-bond acceptors (Lipinski definition) is 1. The lowest BCUT2D eigenvalue weighted by molar-refractivity contribution is -0.118. The van der Waals surface area contributed by atoms with Crippen LogP contribution in [0.4, 0.5) is 5.69 Å². The normalized spacial score (nSPS) is 22.2. The molecule has 0 saturated heterocycles. The van der Waals surface area contributed by atoms with Crippen molar-refractivity contribution >= 4 is 45.6 Å². The molecule has 1 N–H and O–H groups in total. The van der Waals surface area contributed by atoms with Gasteiger partial charge in [-0.05, 0) is 28.9 Å². The number of carbonyl (C=O) groups is 1. The van der Waals surface area contributed by atoms with Crippen LogP contribution in [0.15, 0.2) is 53.0 Å². The van der Waals surface area contributed by atoms with Crippen molar-refractivity contribution < 1.29 is 4.79 Å². The number of allylic oxidation sites excluding steroid dienone is 1. The first-order valence-electron chi connectivity index (χ1n) is 7.22. The highest BCUT2D eigenvalue weighted by Gasteiger charge is 2.60. The predicted molar refractivity (Wildman–Crippen MR) is 93.1 cm³/mol. The summed E-state index contributed by atoms with van der Waals surface area (Å²) in [4.78, 5) is 12.6. The fourth-order valence-corrected chi connectivity index (χ4v) is 3.44. The summed E-state index contributed by atoms with van der Waals surface area (Å²) in [6, 6.07) is 13.9. The van der Waals surface area contributed by atoms with Crippen LogP contribution in [0.5, 0.6) is 0 Å². The van der Waals surface area contributed by atoms with Gasteiger partial charge in [0, 0.05) is 11.1 Å². The molecule has 2 atom stereocenters. The van der Waals surface area contributed by atoms with Gasteiger partial charge >= 0.3 is 0 Å². The number of anilines is 1. The first-order valence-corrected chi connectivity index (χ1v) is 7.98. The molecular weight excluding hydrogens is 317 g/mol. The van der Waals surface area contributed by atoms with E-state index in [4.69, 9.17) is 23.2 Å². The molecule has 1 aliphatic rings. The molecule has 0 aliphatic heterocycles. The highest BCUT2D eigenvalue weighted by atomic mass is 35.5. The molecule has 4 heteroatoms. The smallest absolute Gasteiger partial charge is 0.228 e. The van der Waals surface area contributed by atoms with Crippen molar-refractivity contribution in [1.82, 2.24) is 0 Å². The van der Waals surface area contributed by atoms with Gasteiger partial charge in [-0.2, -0.15) is 0 Å². The van der Waals surface area contributed by atoms with E-state index in [1.54, 1.807) is 6.08 Å². The van der Waals surface area contributed by atoms with Crippen LogP contribution in [0.25, 0.3) is 10.8 Å². The number of benzene rings is 2.